The van der Waals surface area contributed by atoms with E-state index in [4.69, 9.17) is 9.15 Å². The maximum absolute atomic E-state index is 12.7. The Morgan fingerprint density at radius 3 is 2.67 bits per heavy atom. The van der Waals surface area contributed by atoms with Gasteiger partial charge in [-0.1, -0.05) is 0 Å². The molecular weight excluding hydrogens is 372 g/mol. The second-order valence-corrected chi connectivity index (χ2v) is 7.51. The van der Waals surface area contributed by atoms with Gasteiger partial charge >= 0.3 is 5.97 Å². The van der Waals surface area contributed by atoms with Crippen LogP contribution in [0.25, 0.3) is 0 Å². The van der Waals surface area contributed by atoms with Gasteiger partial charge < -0.3 is 24.9 Å². The molecule has 27 heavy (non-hydrogen) atoms. The number of hydrogen-bond donors (Lipinski definition) is 3. The van der Waals surface area contributed by atoms with Crippen molar-refractivity contribution in [1.29, 1.82) is 0 Å². The minimum absolute atomic E-state index is 0.233. The molecule has 0 saturated carbocycles. The fourth-order valence-corrected chi connectivity index (χ4v) is 4.57. The summed E-state index contributed by atoms with van der Waals surface area (Å²) >= 11 is 1.21. The molecule has 0 radical (unpaired) electrons. The first-order chi connectivity index (χ1) is 13.0. The number of fused-ring (bicyclic) bond motifs is 2. The van der Waals surface area contributed by atoms with Gasteiger partial charge in [0.2, 0.25) is 5.91 Å². The van der Waals surface area contributed by atoms with Crippen molar-refractivity contribution in [3.63, 3.8) is 0 Å². The molecule has 0 aromatic carbocycles. The first-order valence-electron chi connectivity index (χ1n) is 8.62. The van der Waals surface area contributed by atoms with Crippen molar-refractivity contribution < 1.29 is 28.6 Å². The average Bonchev–Trinajstić information content (AvgIpc) is 3.42. The molecule has 3 N–H and O–H groups in total. The molecule has 4 rings (SSSR count). The van der Waals surface area contributed by atoms with Crippen LogP contribution in [0.2, 0.25) is 0 Å². The summed E-state index contributed by atoms with van der Waals surface area (Å²) in [4.78, 5) is 36.7. The zero-order valence-electron chi connectivity index (χ0n) is 14.2. The van der Waals surface area contributed by atoms with E-state index in [9.17, 15) is 19.5 Å². The minimum atomic E-state index is -1.02. The van der Waals surface area contributed by atoms with E-state index in [0.29, 0.717) is 29.2 Å². The van der Waals surface area contributed by atoms with E-state index in [1.54, 1.807) is 23.6 Å². The summed E-state index contributed by atoms with van der Waals surface area (Å²) in [6.45, 7) is 0.233. The van der Waals surface area contributed by atoms with Crippen LogP contribution in [0.5, 0.6) is 0 Å². The molecule has 4 heterocycles. The molecule has 2 saturated heterocycles. The molecule has 0 aliphatic carbocycles. The van der Waals surface area contributed by atoms with Crippen LogP contribution in [0, 0.1) is 11.8 Å². The normalized spacial score (nSPS) is 26.1. The van der Waals surface area contributed by atoms with Gasteiger partial charge in [0.15, 0.2) is 0 Å². The van der Waals surface area contributed by atoms with Crippen molar-refractivity contribution in [3.8, 4) is 0 Å². The molecule has 0 unspecified atom stereocenters. The predicted octanol–water partition coefficient (Wildman–Crippen LogP) is 2.09. The summed E-state index contributed by atoms with van der Waals surface area (Å²) < 4.78 is 10.8. The van der Waals surface area contributed by atoms with E-state index >= 15 is 0 Å². The van der Waals surface area contributed by atoms with Crippen LogP contribution in [-0.2, 0) is 20.9 Å². The van der Waals surface area contributed by atoms with Crippen LogP contribution in [0.3, 0.4) is 0 Å². The van der Waals surface area contributed by atoms with Gasteiger partial charge in [-0.15, -0.1) is 11.3 Å². The first kappa shape index (κ1) is 17.7. The molecule has 4 atom stereocenters. The van der Waals surface area contributed by atoms with Crippen molar-refractivity contribution in [1.82, 2.24) is 5.32 Å². The Bertz CT molecular complexity index is 861. The van der Waals surface area contributed by atoms with Crippen molar-refractivity contribution in [2.45, 2.75) is 31.6 Å². The van der Waals surface area contributed by atoms with Crippen LogP contribution in [0.15, 0.2) is 34.3 Å². The fraction of sp³-hybridized carbons (Fsp3) is 0.389. The number of rotatable bonds is 6. The Labute approximate surface area is 158 Å². The van der Waals surface area contributed by atoms with E-state index in [1.807, 2.05) is 0 Å². The summed E-state index contributed by atoms with van der Waals surface area (Å²) in [5.74, 6) is -2.76. The van der Waals surface area contributed by atoms with Crippen LogP contribution in [0.4, 0.5) is 5.00 Å². The Morgan fingerprint density at radius 2 is 1.96 bits per heavy atom. The molecule has 2 amide bonds. The number of nitrogens with one attached hydrogen (secondary N) is 2. The molecule has 8 nitrogen and oxygen atoms in total. The lowest BCUT2D eigenvalue weighted by molar-refractivity contribution is -0.147. The van der Waals surface area contributed by atoms with E-state index in [0.717, 1.165) is 0 Å². The average molecular weight is 390 g/mol. The maximum atomic E-state index is 12.7. The zero-order valence-corrected chi connectivity index (χ0v) is 15.0. The third-order valence-electron chi connectivity index (χ3n) is 5.01. The van der Waals surface area contributed by atoms with Gasteiger partial charge in [0.25, 0.3) is 5.91 Å². The number of furan rings is 1. The standard InChI is InChI=1S/C18H18N2O6S/c21-15(19-8-9-2-1-6-25-9)10-5-7-27-17(10)20-16(22)13-11-3-4-12(26-11)14(13)18(23)24/h1-2,5-7,11-14H,3-4,8H2,(H,19,21)(H,20,22)(H,23,24)/t11-,12-,13-,14-/m0/s1. The van der Waals surface area contributed by atoms with E-state index < -0.39 is 29.8 Å². The first-order valence-corrected chi connectivity index (χ1v) is 9.49. The molecule has 2 bridgehead atoms. The summed E-state index contributed by atoms with van der Waals surface area (Å²) in [5, 5.41) is 17.0. The molecule has 2 fully saturated rings. The van der Waals surface area contributed by atoms with Crippen LogP contribution in [0.1, 0.15) is 29.0 Å². The molecule has 2 aromatic heterocycles. The van der Waals surface area contributed by atoms with E-state index in [-0.39, 0.29) is 18.6 Å². The second-order valence-electron chi connectivity index (χ2n) is 6.59. The Morgan fingerprint density at radius 1 is 1.19 bits per heavy atom. The molecular formula is C18H18N2O6S. The summed E-state index contributed by atoms with van der Waals surface area (Å²) in [5.41, 5.74) is 0.329. The smallest absolute Gasteiger partial charge is 0.310 e. The van der Waals surface area contributed by atoms with Crippen LogP contribution < -0.4 is 10.6 Å². The maximum Gasteiger partial charge on any atom is 0.310 e. The Balaban J connectivity index is 1.44. The quantitative estimate of drug-likeness (QED) is 0.695. The number of anilines is 1. The largest absolute Gasteiger partial charge is 0.481 e. The number of carbonyl (C=O) groups excluding carboxylic acids is 2. The predicted molar refractivity (Wildman–Crippen MR) is 95.3 cm³/mol. The van der Waals surface area contributed by atoms with Gasteiger partial charge in [-0.2, -0.15) is 0 Å². The van der Waals surface area contributed by atoms with Gasteiger partial charge in [0.05, 0.1) is 42.4 Å². The molecule has 2 aromatic rings. The van der Waals surface area contributed by atoms with Gasteiger partial charge in [-0.25, -0.2) is 0 Å². The highest BCUT2D eigenvalue weighted by atomic mass is 32.1. The Kier molecular flexibility index (Phi) is 4.71. The number of thiophene rings is 1. The number of aliphatic carboxylic acids is 1. The lowest BCUT2D eigenvalue weighted by atomic mass is 9.79. The highest BCUT2D eigenvalue weighted by molar-refractivity contribution is 7.14. The lowest BCUT2D eigenvalue weighted by Gasteiger charge is -2.23. The van der Waals surface area contributed by atoms with E-state index in [2.05, 4.69) is 10.6 Å². The Hall–Kier alpha value is -2.65. The molecule has 0 spiro atoms. The SMILES string of the molecule is O=C(NCc1ccco1)c1ccsc1NC(=O)[C@@H]1[C@@H](C(=O)O)[C@@H]2CC[C@@H]1O2. The highest BCUT2D eigenvalue weighted by Gasteiger charge is 2.55. The highest BCUT2D eigenvalue weighted by Crippen LogP contribution is 2.44. The van der Waals surface area contributed by atoms with Gasteiger partial charge in [-0.3, -0.25) is 14.4 Å². The monoisotopic (exact) mass is 390 g/mol. The minimum Gasteiger partial charge on any atom is -0.481 e. The van der Waals surface area contributed by atoms with Crippen LogP contribution >= 0.6 is 11.3 Å². The van der Waals surface area contributed by atoms with Crippen molar-refractivity contribution in [3.05, 3.63) is 41.2 Å². The van der Waals surface area contributed by atoms with Crippen molar-refractivity contribution >= 4 is 34.1 Å². The number of amides is 2. The van der Waals surface area contributed by atoms with Gasteiger partial charge in [0, 0.05) is 0 Å². The number of hydrogen-bond acceptors (Lipinski definition) is 6. The van der Waals surface area contributed by atoms with Crippen molar-refractivity contribution in [2.75, 3.05) is 5.32 Å². The molecule has 2 aliphatic heterocycles. The third kappa shape index (κ3) is 3.35. The molecule has 2 aliphatic rings. The second kappa shape index (κ2) is 7.16. The van der Waals surface area contributed by atoms with Crippen LogP contribution in [-0.4, -0.2) is 35.1 Å². The van der Waals surface area contributed by atoms with Gasteiger partial charge in [-0.05, 0) is 36.4 Å². The lowest BCUT2D eigenvalue weighted by Crippen LogP contribution is -2.41. The number of carboxylic acid groups (broad SMARTS) is 1. The van der Waals surface area contributed by atoms with Crippen molar-refractivity contribution in [2.24, 2.45) is 11.8 Å². The fourth-order valence-electron chi connectivity index (χ4n) is 3.78. The summed E-state index contributed by atoms with van der Waals surface area (Å²) in [6, 6.07) is 5.09. The topological polar surface area (TPSA) is 118 Å². The summed E-state index contributed by atoms with van der Waals surface area (Å²) in [6.07, 6.45) is 2.06. The van der Waals surface area contributed by atoms with Gasteiger partial charge in [0.1, 0.15) is 10.8 Å². The number of ether oxygens (including phenoxy) is 1. The zero-order chi connectivity index (χ0) is 19.0. The number of carbonyl (C=O) groups is 3. The van der Waals surface area contributed by atoms with E-state index in [1.165, 1.54) is 17.6 Å². The molecule has 9 heteroatoms. The summed E-state index contributed by atoms with van der Waals surface area (Å²) in [7, 11) is 0. The molecule has 142 valence electrons. The number of carboxylic acids is 1. The third-order valence-corrected chi connectivity index (χ3v) is 5.84.